The van der Waals surface area contributed by atoms with Crippen LogP contribution in [0.3, 0.4) is 0 Å². The number of anilines is 1. The standard InChI is InChI=1S/C12H17FN2S/c1-16-12(6-2-3-7-12)9-15-11-10(13)5-4-8-14-11/h4-5,8H,2-3,6-7,9H2,1H3,(H,14,15). The van der Waals surface area contributed by atoms with Gasteiger partial charge in [-0.15, -0.1) is 0 Å². The SMILES string of the molecule is CSC1(CNc2ncccc2F)CCCC1. The molecule has 1 fully saturated rings. The maximum Gasteiger partial charge on any atom is 0.165 e. The van der Waals surface area contributed by atoms with Crippen LogP contribution >= 0.6 is 11.8 Å². The molecule has 0 unspecified atom stereocenters. The van der Waals surface area contributed by atoms with E-state index in [2.05, 4.69) is 16.6 Å². The van der Waals surface area contributed by atoms with Gasteiger partial charge in [-0.05, 0) is 31.2 Å². The van der Waals surface area contributed by atoms with E-state index < -0.39 is 0 Å². The van der Waals surface area contributed by atoms with E-state index in [-0.39, 0.29) is 10.6 Å². The van der Waals surface area contributed by atoms with E-state index in [9.17, 15) is 4.39 Å². The third-order valence-electron chi connectivity index (χ3n) is 3.28. The second-order valence-electron chi connectivity index (χ2n) is 4.28. The lowest BCUT2D eigenvalue weighted by Gasteiger charge is -2.27. The first kappa shape index (κ1) is 11.7. The van der Waals surface area contributed by atoms with E-state index in [0.717, 1.165) is 6.54 Å². The highest BCUT2D eigenvalue weighted by Gasteiger charge is 2.32. The molecule has 0 saturated heterocycles. The minimum atomic E-state index is -0.267. The van der Waals surface area contributed by atoms with Gasteiger partial charge in [0, 0.05) is 17.5 Å². The fourth-order valence-electron chi connectivity index (χ4n) is 2.23. The first-order valence-electron chi connectivity index (χ1n) is 5.65. The summed E-state index contributed by atoms with van der Waals surface area (Å²) in [6, 6.07) is 3.05. The topological polar surface area (TPSA) is 24.9 Å². The summed E-state index contributed by atoms with van der Waals surface area (Å²) in [4.78, 5) is 4.01. The number of hydrogen-bond donors (Lipinski definition) is 1. The molecule has 0 aliphatic heterocycles. The van der Waals surface area contributed by atoms with Crippen LogP contribution in [-0.4, -0.2) is 22.5 Å². The van der Waals surface area contributed by atoms with Gasteiger partial charge in [0.15, 0.2) is 11.6 Å². The summed E-state index contributed by atoms with van der Waals surface area (Å²) in [5.41, 5.74) is 0. The number of nitrogens with one attached hydrogen (secondary N) is 1. The molecule has 88 valence electrons. The van der Waals surface area contributed by atoms with Crippen LogP contribution in [0.4, 0.5) is 10.2 Å². The van der Waals surface area contributed by atoms with Crippen molar-refractivity contribution in [3.63, 3.8) is 0 Å². The van der Waals surface area contributed by atoms with Crippen LogP contribution in [0.5, 0.6) is 0 Å². The van der Waals surface area contributed by atoms with Crippen LogP contribution in [0, 0.1) is 5.82 Å². The summed E-state index contributed by atoms with van der Waals surface area (Å²) < 4.78 is 13.6. The normalized spacial score (nSPS) is 18.6. The highest BCUT2D eigenvalue weighted by atomic mass is 32.2. The Morgan fingerprint density at radius 3 is 2.88 bits per heavy atom. The van der Waals surface area contributed by atoms with Crippen LogP contribution in [0.25, 0.3) is 0 Å². The van der Waals surface area contributed by atoms with Gasteiger partial charge < -0.3 is 5.32 Å². The Hall–Kier alpha value is -0.770. The van der Waals surface area contributed by atoms with Crippen molar-refractivity contribution in [1.29, 1.82) is 0 Å². The maximum atomic E-state index is 13.4. The summed E-state index contributed by atoms with van der Waals surface area (Å²) in [5.74, 6) is 0.111. The van der Waals surface area contributed by atoms with Crippen LogP contribution < -0.4 is 5.32 Å². The second kappa shape index (κ2) is 5.04. The largest absolute Gasteiger partial charge is 0.366 e. The molecule has 1 aromatic heterocycles. The molecular formula is C12H17FN2S. The van der Waals surface area contributed by atoms with Gasteiger partial charge in [-0.3, -0.25) is 0 Å². The van der Waals surface area contributed by atoms with Crippen molar-refractivity contribution in [2.45, 2.75) is 30.4 Å². The first-order chi connectivity index (χ1) is 7.76. The van der Waals surface area contributed by atoms with Crippen molar-refractivity contribution in [1.82, 2.24) is 4.98 Å². The molecule has 2 rings (SSSR count). The molecule has 1 aliphatic carbocycles. The van der Waals surface area contributed by atoms with E-state index >= 15 is 0 Å². The third kappa shape index (κ3) is 2.48. The lowest BCUT2D eigenvalue weighted by molar-refractivity contribution is 0.609. The fourth-order valence-corrected chi connectivity index (χ4v) is 3.15. The van der Waals surface area contributed by atoms with Crippen LogP contribution in [0.2, 0.25) is 0 Å². The van der Waals surface area contributed by atoms with Crippen molar-refractivity contribution in [3.8, 4) is 0 Å². The van der Waals surface area contributed by atoms with E-state index in [4.69, 9.17) is 0 Å². The Kier molecular flexibility index (Phi) is 3.69. The number of pyridine rings is 1. The van der Waals surface area contributed by atoms with Gasteiger partial charge in [0.2, 0.25) is 0 Å². The number of nitrogens with zero attached hydrogens (tertiary/aromatic N) is 1. The molecule has 4 heteroatoms. The first-order valence-corrected chi connectivity index (χ1v) is 6.88. The van der Waals surface area contributed by atoms with Crippen molar-refractivity contribution < 1.29 is 4.39 Å². The summed E-state index contributed by atoms with van der Waals surface area (Å²) in [6.45, 7) is 0.808. The zero-order chi connectivity index (χ0) is 11.4. The summed E-state index contributed by atoms with van der Waals surface area (Å²) in [5, 5.41) is 3.14. The summed E-state index contributed by atoms with van der Waals surface area (Å²) >= 11 is 1.89. The van der Waals surface area contributed by atoms with E-state index in [1.165, 1.54) is 31.7 Å². The van der Waals surface area contributed by atoms with Crippen molar-refractivity contribution in [3.05, 3.63) is 24.1 Å². The number of aromatic nitrogens is 1. The van der Waals surface area contributed by atoms with Crippen molar-refractivity contribution >= 4 is 17.6 Å². The lowest BCUT2D eigenvalue weighted by Crippen LogP contribution is -2.30. The van der Waals surface area contributed by atoms with Crippen LogP contribution in [0.1, 0.15) is 25.7 Å². The van der Waals surface area contributed by atoms with E-state index in [1.807, 2.05) is 11.8 Å². The molecule has 2 nitrogen and oxygen atoms in total. The zero-order valence-electron chi connectivity index (χ0n) is 9.50. The molecule has 0 aromatic carbocycles. The average Bonchev–Trinajstić information content (AvgIpc) is 2.78. The minimum absolute atomic E-state index is 0.267. The Labute approximate surface area is 100 Å². The highest BCUT2D eigenvalue weighted by molar-refractivity contribution is 8.00. The number of halogens is 1. The van der Waals surface area contributed by atoms with Gasteiger partial charge in [0.25, 0.3) is 0 Å². The van der Waals surface area contributed by atoms with E-state index in [0.29, 0.717) is 5.82 Å². The van der Waals surface area contributed by atoms with Gasteiger partial charge in [0.05, 0.1) is 0 Å². The molecule has 0 amide bonds. The number of thioether (sulfide) groups is 1. The van der Waals surface area contributed by atoms with Crippen molar-refractivity contribution in [2.75, 3.05) is 18.1 Å². The molecule has 1 heterocycles. The molecule has 0 spiro atoms. The molecular weight excluding hydrogens is 223 g/mol. The average molecular weight is 240 g/mol. The summed E-state index contributed by atoms with van der Waals surface area (Å²) in [7, 11) is 0. The second-order valence-corrected chi connectivity index (χ2v) is 5.56. The Bertz CT molecular complexity index is 351. The molecule has 0 radical (unpaired) electrons. The quantitative estimate of drug-likeness (QED) is 0.874. The molecule has 1 N–H and O–H groups in total. The summed E-state index contributed by atoms with van der Waals surface area (Å²) in [6.07, 6.45) is 8.76. The molecule has 16 heavy (non-hydrogen) atoms. The van der Waals surface area contributed by atoms with Gasteiger partial charge >= 0.3 is 0 Å². The lowest BCUT2D eigenvalue weighted by atomic mass is 10.1. The predicted molar refractivity (Wildman–Crippen MR) is 67.4 cm³/mol. The zero-order valence-corrected chi connectivity index (χ0v) is 10.3. The predicted octanol–water partition coefficient (Wildman–Crippen LogP) is 3.31. The van der Waals surface area contributed by atoms with Gasteiger partial charge in [-0.2, -0.15) is 11.8 Å². The van der Waals surface area contributed by atoms with Gasteiger partial charge in [-0.1, -0.05) is 12.8 Å². The van der Waals surface area contributed by atoms with Gasteiger partial charge in [-0.25, -0.2) is 9.37 Å². The third-order valence-corrected chi connectivity index (χ3v) is 4.70. The fraction of sp³-hybridized carbons (Fsp3) is 0.583. The van der Waals surface area contributed by atoms with Crippen molar-refractivity contribution in [2.24, 2.45) is 0 Å². The molecule has 1 aliphatic rings. The molecule has 0 atom stereocenters. The monoisotopic (exact) mass is 240 g/mol. The molecule has 0 bridgehead atoms. The smallest absolute Gasteiger partial charge is 0.165 e. The Balaban J connectivity index is 1.98. The molecule has 1 saturated carbocycles. The number of rotatable bonds is 4. The Morgan fingerprint density at radius 2 is 2.25 bits per heavy atom. The van der Waals surface area contributed by atoms with Crippen LogP contribution in [0.15, 0.2) is 18.3 Å². The van der Waals surface area contributed by atoms with Gasteiger partial charge in [0.1, 0.15) is 0 Å². The molecule has 1 aromatic rings. The Morgan fingerprint density at radius 1 is 1.50 bits per heavy atom. The minimum Gasteiger partial charge on any atom is -0.366 e. The van der Waals surface area contributed by atoms with E-state index in [1.54, 1.807) is 12.3 Å². The highest BCUT2D eigenvalue weighted by Crippen LogP contribution is 2.40. The number of hydrogen-bond acceptors (Lipinski definition) is 3. The van der Waals surface area contributed by atoms with Crippen LogP contribution in [-0.2, 0) is 0 Å². The maximum absolute atomic E-state index is 13.4.